The molecule has 0 saturated heterocycles. The molecule has 1 fully saturated rings. The monoisotopic (exact) mass is 83.1 g/mol. The zero-order valence-corrected chi connectivity index (χ0v) is 3.94. The molecule has 0 spiro atoms. The minimum Gasteiger partial charge on any atom is -0.405 e. The van der Waals surface area contributed by atoms with Crippen LogP contribution in [-0.4, -0.2) is 0 Å². The molecular weight excluding hydrogens is 74.1 g/mol. The maximum Gasteiger partial charge on any atom is -0.00674 e. The normalized spacial score (nSPS) is 37.5. The third kappa shape index (κ3) is 0.402. The fourth-order valence-electron chi connectivity index (χ4n) is 0.527. The van der Waals surface area contributed by atoms with Gasteiger partial charge in [-0.15, -0.1) is 0 Å². The molecule has 1 nitrogen and oxygen atoms in total. The fourth-order valence-corrected chi connectivity index (χ4v) is 0.527. The summed E-state index contributed by atoms with van der Waals surface area (Å²) in [5.74, 6) is 0.801. The number of rotatable bonds is 0. The van der Waals surface area contributed by atoms with E-state index < -0.39 is 0 Å². The second-order valence-electron chi connectivity index (χ2n) is 1.85. The van der Waals surface area contributed by atoms with Gasteiger partial charge in [0.15, 0.2) is 0 Å². The van der Waals surface area contributed by atoms with Gasteiger partial charge >= 0.3 is 0 Å². The summed E-state index contributed by atoms with van der Waals surface area (Å²) in [5, 5.41) is 0. The van der Waals surface area contributed by atoms with E-state index in [1.807, 2.05) is 0 Å². The quantitative estimate of drug-likeness (QED) is 0.462. The number of nitrogens with two attached hydrogens (primary N) is 1. The Kier molecular flexibility index (Phi) is 0.621. The van der Waals surface area contributed by atoms with E-state index >= 15 is 0 Å². The summed E-state index contributed by atoms with van der Waals surface area (Å²) in [7, 11) is 0. The van der Waals surface area contributed by atoms with Crippen LogP contribution in [0.25, 0.3) is 0 Å². The minimum atomic E-state index is 0.801. The lowest BCUT2D eigenvalue weighted by atomic mass is 10.5. The van der Waals surface area contributed by atoms with Gasteiger partial charge in [-0.05, 0) is 18.5 Å². The Bertz CT molecular complexity index is 83.9. The summed E-state index contributed by atoms with van der Waals surface area (Å²) in [6.45, 7) is 2.18. The smallest absolute Gasteiger partial charge is 0.00674 e. The summed E-state index contributed by atoms with van der Waals surface area (Å²) in [6.07, 6.45) is 2.95. The molecule has 0 aromatic heterocycles. The van der Waals surface area contributed by atoms with Crippen molar-refractivity contribution in [2.24, 2.45) is 11.7 Å². The predicted molar refractivity (Wildman–Crippen MR) is 26.1 cm³/mol. The van der Waals surface area contributed by atoms with Crippen molar-refractivity contribution in [2.45, 2.75) is 13.3 Å². The molecule has 6 heavy (non-hydrogen) atoms. The van der Waals surface area contributed by atoms with Crippen LogP contribution in [0.15, 0.2) is 11.8 Å². The summed E-state index contributed by atoms with van der Waals surface area (Å²) in [4.78, 5) is 0. The Hall–Kier alpha value is -0.460. The van der Waals surface area contributed by atoms with Crippen molar-refractivity contribution in [3.63, 3.8) is 0 Å². The van der Waals surface area contributed by atoms with Gasteiger partial charge in [0.2, 0.25) is 0 Å². The van der Waals surface area contributed by atoms with Crippen molar-refractivity contribution >= 4 is 0 Å². The van der Waals surface area contributed by atoms with Gasteiger partial charge in [0.1, 0.15) is 0 Å². The molecule has 34 valence electrons. The van der Waals surface area contributed by atoms with E-state index in [1.165, 1.54) is 12.0 Å². The molecule has 1 atom stereocenters. The second kappa shape index (κ2) is 1.00. The van der Waals surface area contributed by atoms with Gasteiger partial charge in [0, 0.05) is 0 Å². The molecule has 0 radical (unpaired) electrons. The molecular formula is C5H9N. The fraction of sp³-hybridized carbons (Fsp3) is 0.600. The zero-order valence-electron chi connectivity index (χ0n) is 3.94. The first-order chi connectivity index (χ1) is 2.84. The van der Waals surface area contributed by atoms with E-state index in [-0.39, 0.29) is 0 Å². The average molecular weight is 83.1 g/mol. The Morgan fingerprint density at radius 2 is 2.50 bits per heavy atom. The van der Waals surface area contributed by atoms with Crippen LogP contribution in [-0.2, 0) is 0 Å². The highest BCUT2D eigenvalue weighted by Gasteiger charge is 2.22. The van der Waals surface area contributed by atoms with Gasteiger partial charge in [0.05, 0.1) is 0 Å². The maximum atomic E-state index is 5.16. The molecule has 0 aromatic carbocycles. The summed E-state index contributed by atoms with van der Waals surface area (Å²) in [5.41, 5.74) is 6.57. The molecule has 1 rings (SSSR count). The molecule has 0 aromatic rings. The van der Waals surface area contributed by atoms with Gasteiger partial charge in [-0.1, -0.05) is 12.5 Å². The van der Waals surface area contributed by atoms with Crippen molar-refractivity contribution < 1.29 is 0 Å². The third-order valence-corrected chi connectivity index (χ3v) is 1.23. The average Bonchev–Trinajstić information content (AvgIpc) is 2.19. The van der Waals surface area contributed by atoms with Crippen molar-refractivity contribution in [1.82, 2.24) is 0 Å². The Morgan fingerprint density at radius 1 is 2.00 bits per heavy atom. The highest BCUT2D eigenvalue weighted by molar-refractivity contribution is 5.19. The Balaban J connectivity index is 2.44. The topological polar surface area (TPSA) is 26.0 Å². The molecule has 1 saturated carbocycles. The minimum absolute atomic E-state index is 0.801. The Labute approximate surface area is 37.8 Å². The van der Waals surface area contributed by atoms with Gasteiger partial charge in [-0.2, -0.15) is 0 Å². The lowest BCUT2D eigenvalue weighted by molar-refractivity contribution is 1.02. The van der Waals surface area contributed by atoms with Crippen molar-refractivity contribution in [2.75, 3.05) is 0 Å². The Morgan fingerprint density at radius 3 is 2.50 bits per heavy atom. The first-order valence-corrected chi connectivity index (χ1v) is 2.25. The molecule has 0 heterocycles. The second-order valence-corrected chi connectivity index (χ2v) is 1.85. The largest absolute Gasteiger partial charge is 0.405 e. The highest BCUT2D eigenvalue weighted by Crippen LogP contribution is 2.35. The predicted octanol–water partition coefficient (Wildman–Crippen LogP) is 0.869. The van der Waals surface area contributed by atoms with Gasteiger partial charge < -0.3 is 5.73 Å². The van der Waals surface area contributed by atoms with Crippen LogP contribution in [0.3, 0.4) is 0 Å². The van der Waals surface area contributed by atoms with Crippen LogP contribution in [0, 0.1) is 5.92 Å². The van der Waals surface area contributed by atoms with E-state index in [0.29, 0.717) is 0 Å². The molecule has 0 aliphatic heterocycles. The molecule has 1 aliphatic carbocycles. The van der Waals surface area contributed by atoms with E-state index in [4.69, 9.17) is 5.73 Å². The number of allylic oxidation sites excluding steroid dienone is 1. The lowest BCUT2D eigenvalue weighted by Crippen LogP contribution is -1.73. The molecule has 1 unspecified atom stereocenters. The molecule has 1 aliphatic rings. The summed E-state index contributed by atoms with van der Waals surface area (Å²) in [6, 6.07) is 0. The van der Waals surface area contributed by atoms with Crippen LogP contribution < -0.4 is 5.73 Å². The van der Waals surface area contributed by atoms with Crippen LogP contribution in [0.4, 0.5) is 0 Å². The maximum absolute atomic E-state index is 5.16. The van der Waals surface area contributed by atoms with Crippen LogP contribution in [0.1, 0.15) is 13.3 Å². The van der Waals surface area contributed by atoms with Crippen molar-refractivity contribution in [3.05, 3.63) is 11.8 Å². The molecule has 1 heteroatoms. The molecule has 0 bridgehead atoms. The number of hydrogen-bond acceptors (Lipinski definition) is 1. The standard InChI is InChI=1S/C5H9N/c1-4-2-5(4)3-6/h3-4H,2,6H2,1H3/b5-3+. The molecule has 2 N–H and O–H groups in total. The van der Waals surface area contributed by atoms with E-state index in [9.17, 15) is 0 Å². The first-order valence-electron chi connectivity index (χ1n) is 2.25. The summed E-state index contributed by atoms with van der Waals surface area (Å²) >= 11 is 0. The van der Waals surface area contributed by atoms with E-state index in [2.05, 4.69) is 6.92 Å². The van der Waals surface area contributed by atoms with E-state index in [0.717, 1.165) is 5.92 Å². The van der Waals surface area contributed by atoms with E-state index in [1.54, 1.807) is 6.20 Å². The van der Waals surface area contributed by atoms with Gasteiger partial charge in [-0.3, -0.25) is 0 Å². The van der Waals surface area contributed by atoms with Crippen LogP contribution >= 0.6 is 0 Å². The number of hydrogen-bond donors (Lipinski definition) is 1. The summed E-state index contributed by atoms with van der Waals surface area (Å²) < 4.78 is 0. The van der Waals surface area contributed by atoms with Crippen molar-refractivity contribution in [3.8, 4) is 0 Å². The van der Waals surface area contributed by atoms with Gasteiger partial charge in [0.25, 0.3) is 0 Å². The SMILES string of the molecule is CC1C/C1=C\N. The van der Waals surface area contributed by atoms with Crippen molar-refractivity contribution in [1.29, 1.82) is 0 Å². The highest BCUT2D eigenvalue weighted by atomic mass is 14.5. The zero-order chi connectivity index (χ0) is 4.57. The molecule has 0 amide bonds. The van der Waals surface area contributed by atoms with Crippen LogP contribution in [0.5, 0.6) is 0 Å². The third-order valence-electron chi connectivity index (χ3n) is 1.23. The lowest BCUT2D eigenvalue weighted by Gasteiger charge is -1.65. The van der Waals surface area contributed by atoms with Crippen LogP contribution in [0.2, 0.25) is 0 Å². The first kappa shape index (κ1) is 3.72. The van der Waals surface area contributed by atoms with Gasteiger partial charge in [-0.25, -0.2) is 0 Å².